The van der Waals surface area contributed by atoms with E-state index in [2.05, 4.69) is 17.2 Å². The van der Waals surface area contributed by atoms with Gasteiger partial charge in [-0.2, -0.15) is 13.2 Å². The van der Waals surface area contributed by atoms with Crippen LogP contribution in [0.3, 0.4) is 0 Å². The molecular formula is C15H18F3N3. The van der Waals surface area contributed by atoms with E-state index in [0.29, 0.717) is 11.4 Å². The Labute approximate surface area is 121 Å². The summed E-state index contributed by atoms with van der Waals surface area (Å²) >= 11 is 0. The summed E-state index contributed by atoms with van der Waals surface area (Å²) in [5.74, 6) is 1.41. The van der Waals surface area contributed by atoms with Crippen molar-refractivity contribution in [1.82, 2.24) is 14.9 Å². The molecule has 0 spiro atoms. The van der Waals surface area contributed by atoms with Crippen molar-refractivity contribution < 1.29 is 13.2 Å². The van der Waals surface area contributed by atoms with E-state index in [1.165, 1.54) is 6.07 Å². The summed E-state index contributed by atoms with van der Waals surface area (Å²) in [6.45, 7) is 3.11. The van der Waals surface area contributed by atoms with Gasteiger partial charge in [-0.05, 0) is 43.5 Å². The summed E-state index contributed by atoms with van der Waals surface area (Å²) in [6.07, 6.45) is -2.24. The maximum atomic E-state index is 12.8. The van der Waals surface area contributed by atoms with Crippen LogP contribution in [-0.2, 0) is 13.2 Å². The Balaban J connectivity index is 2.02. The number of alkyl halides is 3. The topological polar surface area (TPSA) is 29.9 Å². The van der Waals surface area contributed by atoms with Gasteiger partial charge in [0.25, 0.3) is 0 Å². The van der Waals surface area contributed by atoms with Crippen LogP contribution in [0.1, 0.15) is 37.2 Å². The second kappa shape index (κ2) is 5.02. The number of rotatable bonds is 1. The van der Waals surface area contributed by atoms with Crippen LogP contribution in [0.4, 0.5) is 13.2 Å². The van der Waals surface area contributed by atoms with Gasteiger partial charge in [-0.1, -0.05) is 6.92 Å². The quantitative estimate of drug-likeness (QED) is 0.870. The van der Waals surface area contributed by atoms with Crippen molar-refractivity contribution in [2.24, 2.45) is 13.0 Å². The van der Waals surface area contributed by atoms with Gasteiger partial charge in [-0.25, -0.2) is 4.98 Å². The average Bonchev–Trinajstić information content (AvgIpc) is 2.75. The summed E-state index contributed by atoms with van der Waals surface area (Å²) < 4.78 is 40.2. The van der Waals surface area contributed by atoms with Gasteiger partial charge in [0.15, 0.2) is 0 Å². The zero-order valence-electron chi connectivity index (χ0n) is 12.0. The predicted octanol–water partition coefficient (Wildman–Crippen LogP) is 3.65. The van der Waals surface area contributed by atoms with Crippen molar-refractivity contribution in [3.8, 4) is 0 Å². The molecule has 1 aliphatic heterocycles. The number of aryl methyl sites for hydroxylation is 1. The van der Waals surface area contributed by atoms with E-state index in [4.69, 9.17) is 0 Å². The maximum absolute atomic E-state index is 12.8. The normalized spacial score (nSPS) is 23.7. The standard InChI is InChI=1S/C15H18F3N3/c1-9-5-6-19-12(7-9)14-20-11-8-10(15(16,17)18)3-4-13(11)21(14)2/h3-4,8-9,12,19H,5-7H2,1-2H3. The molecular weight excluding hydrogens is 279 g/mol. The molecule has 0 aliphatic carbocycles. The number of benzene rings is 1. The van der Waals surface area contributed by atoms with E-state index in [1.54, 1.807) is 0 Å². The van der Waals surface area contributed by atoms with Gasteiger partial charge in [0.1, 0.15) is 5.82 Å². The van der Waals surface area contributed by atoms with Gasteiger partial charge in [0, 0.05) is 7.05 Å². The second-order valence-corrected chi connectivity index (χ2v) is 5.87. The first kappa shape index (κ1) is 14.4. The van der Waals surface area contributed by atoms with E-state index in [0.717, 1.165) is 42.9 Å². The first-order valence-electron chi connectivity index (χ1n) is 7.13. The van der Waals surface area contributed by atoms with Crippen LogP contribution in [0.25, 0.3) is 11.0 Å². The molecule has 0 radical (unpaired) electrons. The minimum absolute atomic E-state index is 0.112. The number of hydrogen-bond acceptors (Lipinski definition) is 2. The Morgan fingerprint density at radius 1 is 1.33 bits per heavy atom. The molecule has 1 fully saturated rings. The molecule has 1 saturated heterocycles. The highest BCUT2D eigenvalue weighted by Gasteiger charge is 2.31. The summed E-state index contributed by atoms with van der Waals surface area (Å²) in [5, 5.41) is 3.41. The molecule has 6 heteroatoms. The van der Waals surface area contributed by atoms with E-state index in [9.17, 15) is 13.2 Å². The number of imidazole rings is 1. The number of hydrogen-bond donors (Lipinski definition) is 1. The zero-order chi connectivity index (χ0) is 15.2. The van der Waals surface area contributed by atoms with Crippen molar-refractivity contribution >= 4 is 11.0 Å². The van der Waals surface area contributed by atoms with Crippen LogP contribution in [0.5, 0.6) is 0 Å². The summed E-state index contributed by atoms with van der Waals surface area (Å²) in [4.78, 5) is 4.44. The van der Waals surface area contributed by atoms with Crippen LogP contribution in [0, 0.1) is 5.92 Å². The van der Waals surface area contributed by atoms with Gasteiger partial charge in [-0.15, -0.1) is 0 Å². The Kier molecular flexibility index (Phi) is 3.43. The molecule has 3 rings (SSSR count). The fraction of sp³-hybridized carbons (Fsp3) is 0.533. The van der Waals surface area contributed by atoms with Gasteiger partial charge in [-0.3, -0.25) is 0 Å². The predicted molar refractivity (Wildman–Crippen MR) is 74.9 cm³/mol. The number of aromatic nitrogens is 2. The molecule has 3 nitrogen and oxygen atoms in total. The number of nitrogens with one attached hydrogen (secondary N) is 1. The Morgan fingerprint density at radius 3 is 2.76 bits per heavy atom. The minimum atomic E-state index is -4.33. The summed E-state index contributed by atoms with van der Waals surface area (Å²) in [5.41, 5.74) is 0.491. The van der Waals surface area contributed by atoms with E-state index < -0.39 is 11.7 Å². The molecule has 1 aromatic carbocycles. The maximum Gasteiger partial charge on any atom is 0.416 e. The van der Waals surface area contributed by atoms with E-state index >= 15 is 0 Å². The molecule has 1 aromatic heterocycles. The highest BCUT2D eigenvalue weighted by atomic mass is 19.4. The average molecular weight is 297 g/mol. The highest BCUT2D eigenvalue weighted by Crippen LogP contribution is 2.33. The lowest BCUT2D eigenvalue weighted by atomic mass is 9.94. The highest BCUT2D eigenvalue weighted by molar-refractivity contribution is 5.77. The van der Waals surface area contributed by atoms with Crippen LogP contribution >= 0.6 is 0 Å². The fourth-order valence-electron chi connectivity index (χ4n) is 3.01. The first-order valence-corrected chi connectivity index (χ1v) is 7.13. The largest absolute Gasteiger partial charge is 0.416 e. The van der Waals surface area contributed by atoms with Crippen molar-refractivity contribution in [2.75, 3.05) is 6.54 Å². The third-order valence-corrected chi connectivity index (χ3v) is 4.22. The molecule has 2 aromatic rings. The van der Waals surface area contributed by atoms with Crippen molar-refractivity contribution in [1.29, 1.82) is 0 Å². The lowest BCUT2D eigenvalue weighted by molar-refractivity contribution is -0.137. The van der Waals surface area contributed by atoms with Crippen LogP contribution in [0.15, 0.2) is 18.2 Å². The van der Waals surface area contributed by atoms with E-state index in [-0.39, 0.29) is 6.04 Å². The summed E-state index contributed by atoms with van der Waals surface area (Å²) in [6, 6.07) is 3.86. The molecule has 0 bridgehead atoms. The Hall–Kier alpha value is -1.56. The van der Waals surface area contributed by atoms with Crippen LogP contribution in [-0.4, -0.2) is 16.1 Å². The fourth-order valence-corrected chi connectivity index (χ4v) is 3.01. The lowest BCUT2D eigenvalue weighted by Gasteiger charge is -2.27. The Bertz CT molecular complexity index is 660. The zero-order valence-corrected chi connectivity index (χ0v) is 12.0. The number of piperidine rings is 1. The SMILES string of the molecule is CC1CCNC(c2nc3cc(C(F)(F)F)ccc3n2C)C1. The third kappa shape index (κ3) is 2.64. The van der Waals surface area contributed by atoms with Crippen molar-refractivity contribution in [3.63, 3.8) is 0 Å². The van der Waals surface area contributed by atoms with Gasteiger partial charge in [0.2, 0.25) is 0 Å². The number of fused-ring (bicyclic) bond motifs is 1. The molecule has 2 atom stereocenters. The number of halogens is 3. The smallest absolute Gasteiger partial charge is 0.330 e. The molecule has 114 valence electrons. The minimum Gasteiger partial charge on any atom is -0.330 e. The monoisotopic (exact) mass is 297 g/mol. The molecule has 1 N–H and O–H groups in total. The molecule has 21 heavy (non-hydrogen) atoms. The Morgan fingerprint density at radius 2 is 2.10 bits per heavy atom. The van der Waals surface area contributed by atoms with Crippen molar-refractivity contribution in [2.45, 2.75) is 32.0 Å². The lowest BCUT2D eigenvalue weighted by Crippen LogP contribution is -2.32. The second-order valence-electron chi connectivity index (χ2n) is 5.87. The van der Waals surface area contributed by atoms with Gasteiger partial charge in [0.05, 0.1) is 22.6 Å². The third-order valence-electron chi connectivity index (χ3n) is 4.22. The summed E-state index contributed by atoms with van der Waals surface area (Å²) in [7, 11) is 1.86. The molecule has 2 heterocycles. The molecule has 0 amide bonds. The van der Waals surface area contributed by atoms with Crippen LogP contribution in [0.2, 0.25) is 0 Å². The first-order chi connectivity index (χ1) is 9.86. The number of nitrogens with zero attached hydrogens (tertiary/aromatic N) is 2. The molecule has 1 aliphatic rings. The molecule has 0 saturated carbocycles. The molecule has 2 unspecified atom stereocenters. The van der Waals surface area contributed by atoms with Gasteiger partial charge < -0.3 is 9.88 Å². The van der Waals surface area contributed by atoms with E-state index in [1.807, 2.05) is 11.6 Å². The van der Waals surface area contributed by atoms with Crippen molar-refractivity contribution in [3.05, 3.63) is 29.6 Å². The van der Waals surface area contributed by atoms with Crippen LogP contribution < -0.4 is 5.32 Å². The van der Waals surface area contributed by atoms with Gasteiger partial charge >= 0.3 is 6.18 Å².